The quantitative estimate of drug-likeness (QED) is 0.597. The summed E-state index contributed by atoms with van der Waals surface area (Å²) in [6.07, 6.45) is 0.802. The summed E-state index contributed by atoms with van der Waals surface area (Å²) >= 11 is 2.15. The molecule has 1 fully saturated rings. The molecule has 0 N–H and O–H groups in total. The monoisotopic (exact) mass is 371 g/mol. The molecule has 1 aliphatic carbocycles. The number of fused-ring (bicyclic) bond motifs is 1. The molecule has 1 atom stereocenters. The Labute approximate surface area is 117 Å². The van der Waals surface area contributed by atoms with Gasteiger partial charge < -0.3 is 4.90 Å². The summed E-state index contributed by atoms with van der Waals surface area (Å²) in [4.78, 5) is 12.5. The largest absolute Gasteiger partial charge is 0.471 e. The predicted octanol–water partition coefficient (Wildman–Crippen LogP) is 3.58. The van der Waals surface area contributed by atoms with E-state index in [1.807, 2.05) is 12.2 Å². The molecule has 0 aromatic rings. The number of hydrogen-bond acceptors (Lipinski definition) is 1. The molecular weight excluding hydrogens is 358 g/mol. The number of carbonyl (C=O) groups excluding carboxylic acids is 1. The summed E-state index contributed by atoms with van der Waals surface area (Å²) in [7, 11) is 0. The fourth-order valence-electron chi connectivity index (χ4n) is 2.59. The molecule has 0 radical (unpaired) electrons. The number of amides is 1. The highest BCUT2D eigenvalue weighted by atomic mass is 127. The molecule has 1 aliphatic heterocycles. The van der Waals surface area contributed by atoms with Gasteiger partial charge in [0.15, 0.2) is 0 Å². The molecule has 1 unspecified atom stereocenters. The molecule has 2 rings (SSSR count). The summed E-state index contributed by atoms with van der Waals surface area (Å²) in [5.41, 5.74) is 0.123. The van der Waals surface area contributed by atoms with Gasteiger partial charge in [-0.05, 0) is 60.4 Å². The smallest absolute Gasteiger partial charge is 0.325 e. The highest BCUT2D eigenvalue weighted by molar-refractivity contribution is 14.1. The first-order valence-corrected chi connectivity index (χ1v) is 6.78. The third-order valence-electron chi connectivity index (χ3n) is 3.61. The van der Waals surface area contributed by atoms with E-state index in [1.54, 1.807) is 6.92 Å². The normalized spacial score (nSPS) is 28.4. The van der Waals surface area contributed by atoms with Crippen molar-refractivity contribution in [2.45, 2.75) is 37.9 Å². The molecule has 2 nitrogen and oxygen atoms in total. The van der Waals surface area contributed by atoms with Crippen molar-refractivity contribution in [1.29, 1.82) is 0 Å². The van der Waals surface area contributed by atoms with Gasteiger partial charge in [0.1, 0.15) is 0 Å². The summed E-state index contributed by atoms with van der Waals surface area (Å²) in [5, 5.41) is 0. The van der Waals surface area contributed by atoms with Gasteiger partial charge in [-0.2, -0.15) is 13.2 Å². The van der Waals surface area contributed by atoms with E-state index < -0.39 is 17.6 Å². The summed E-state index contributed by atoms with van der Waals surface area (Å²) < 4.78 is 38.9. The molecular formula is C12H13F3INO. The van der Waals surface area contributed by atoms with Crippen LogP contribution < -0.4 is 0 Å². The second-order valence-electron chi connectivity index (χ2n) is 4.79. The zero-order valence-corrected chi connectivity index (χ0v) is 12.0. The van der Waals surface area contributed by atoms with E-state index in [1.165, 1.54) is 0 Å². The van der Waals surface area contributed by atoms with Crippen LogP contribution in [0.25, 0.3) is 0 Å². The average molecular weight is 371 g/mol. The molecule has 0 saturated carbocycles. The van der Waals surface area contributed by atoms with Crippen molar-refractivity contribution >= 4 is 28.5 Å². The van der Waals surface area contributed by atoms with Crippen LogP contribution in [0.15, 0.2) is 21.3 Å². The van der Waals surface area contributed by atoms with E-state index in [2.05, 4.69) is 22.6 Å². The standard InChI is InChI=1S/C12H13F3INO/c1-11-5-4-9(16)7-8(11)3-2-6-17(11)10(18)12(13,14)15/h4,7H,2-3,5-6H2,1H3. The molecule has 0 aromatic heterocycles. The minimum absolute atomic E-state index is 0.177. The SMILES string of the molecule is CC12CC=C(I)C=C1CCCN2C(=O)C(F)(F)F. The molecule has 0 bridgehead atoms. The first-order chi connectivity index (χ1) is 8.25. The fraction of sp³-hybridized carbons (Fsp3) is 0.583. The number of rotatable bonds is 0. The van der Waals surface area contributed by atoms with Crippen LogP contribution in [0, 0.1) is 0 Å². The van der Waals surface area contributed by atoms with Crippen LogP contribution in [-0.4, -0.2) is 29.1 Å². The van der Waals surface area contributed by atoms with Crippen LogP contribution in [-0.2, 0) is 4.79 Å². The first kappa shape index (κ1) is 13.9. The summed E-state index contributed by atoms with van der Waals surface area (Å²) in [6.45, 7) is 1.90. The Kier molecular flexibility index (Phi) is 3.50. The predicted molar refractivity (Wildman–Crippen MR) is 70.2 cm³/mol. The molecule has 1 amide bonds. The van der Waals surface area contributed by atoms with Crippen LogP contribution >= 0.6 is 22.6 Å². The zero-order chi connectivity index (χ0) is 13.6. The average Bonchev–Trinajstić information content (AvgIpc) is 2.27. The molecule has 6 heteroatoms. The Balaban J connectivity index is 2.34. The van der Waals surface area contributed by atoms with Crippen molar-refractivity contribution in [2.75, 3.05) is 6.54 Å². The molecule has 2 aliphatic rings. The highest BCUT2D eigenvalue weighted by Gasteiger charge is 2.50. The second-order valence-corrected chi connectivity index (χ2v) is 6.04. The Morgan fingerprint density at radius 2 is 2.17 bits per heavy atom. The number of alkyl halides is 3. The number of halogens is 4. The Hall–Kier alpha value is -0.530. The van der Waals surface area contributed by atoms with Crippen LogP contribution in [0.2, 0.25) is 0 Å². The van der Waals surface area contributed by atoms with E-state index >= 15 is 0 Å². The minimum atomic E-state index is -4.79. The minimum Gasteiger partial charge on any atom is -0.325 e. The van der Waals surface area contributed by atoms with Crippen molar-refractivity contribution in [3.63, 3.8) is 0 Å². The van der Waals surface area contributed by atoms with Crippen molar-refractivity contribution in [3.8, 4) is 0 Å². The maximum absolute atomic E-state index is 12.6. The van der Waals surface area contributed by atoms with E-state index in [0.717, 1.165) is 20.5 Å². The summed E-state index contributed by atoms with van der Waals surface area (Å²) in [6, 6.07) is 0. The Morgan fingerprint density at radius 3 is 2.78 bits per heavy atom. The number of hydrogen-bond donors (Lipinski definition) is 0. The van der Waals surface area contributed by atoms with Gasteiger partial charge in [0, 0.05) is 10.1 Å². The lowest BCUT2D eigenvalue weighted by Gasteiger charge is -2.47. The molecule has 0 spiro atoms. The third-order valence-corrected chi connectivity index (χ3v) is 4.36. The van der Waals surface area contributed by atoms with E-state index in [0.29, 0.717) is 12.8 Å². The lowest BCUT2D eigenvalue weighted by molar-refractivity contribution is -0.191. The van der Waals surface area contributed by atoms with Crippen molar-refractivity contribution in [1.82, 2.24) is 4.90 Å². The number of piperidine rings is 1. The van der Waals surface area contributed by atoms with Crippen LogP contribution in [0.5, 0.6) is 0 Å². The van der Waals surface area contributed by atoms with E-state index in [-0.39, 0.29) is 6.54 Å². The second kappa shape index (κ2) is 4.54. The number of nitrogens with zero attached hydrogens (tertiary/aromatic N) is 1. The molecule has 100 valence electrons. The van der Waals surface area contributed by atoms with Gasteiger partial charge in [0.05, 0.1) is 5.54 Å². The molecule has 0 aromatic carbocycles. The van der Waals surface area contributed by atoms with E-state index in [4.69, 9.17) is 0 Å². The number of allylic oxidation sites excluding steroid dienone is 2. The van der Waals surface area contributed by atoms with Crippen molar-refractivity contribution in [3.05, 3.63) is 21.3 Å². The first-order valence-electron chi connectivity index (χ1n) is 5.70. The van der Waals surface area contributed by atoms with Crippen LogP contribution in [0.1, 0.15) is 26.2 Å². The Bertz CT molecular complexity index is 441. The zero-order valence-electron chi connectivity index (χ0n) is 9.85. The number of likely N-dealkylation sites (tertiary alicyclic amines) is 1. The van der Waals surface area contributed by atoms with Gasteiger partial charge >= 0.3 is 12.1 Å². The van der Waals surface area contributed by atoms with Gasteiger partial charge in [-0.25, -0.2) is 0 Å². The van der Waals surface area contributed by atoms with Crippen molar-refractivity contribution in [2.24, 2.45) is 0 Å². The summed E-state index contributed by atoms with van der Waals surface area (Å²) in [5.74, 6) is -1.72. The van der Waals surface area contributed by atoms with Crippen LogP contribution in [0.3, 0.4) is 0 Å². The van der Waals surface area contributed by atoms with Gasteiger partial charge in [0.25, 0.3) is 0 Å². The Morgan fingerprint density at radius 1 is 1.50 bits per heavy atom. The third kappa shape index (κ3) is 2.31. The van der Waals surface area contributed by atoms with Gasteiger partial charge in [-0.3, -0.25) is 4.79 Å². The van der Waals surface area contributed by atoms with Gasteiger partial charge in [0.2, 0.25) is 0 Å². The van der Waals surface area contributed by atoms with Crippen LogP contribution in [0.4, 0.5) is 13.2 Å². The van der Waals surface area contributed by atoms with E-state index in [9.17, 15) is 18.0 Å². The topological polar surface area (TPSA) is 20.3 Å². The lowest BCUT2D eigenvalue weighted by Crippen LogP contribution is -2.57. The molecule has 1 heterocycles. The van der Waals surface area contributed by atoms with Crippen molar-refractivity contribution < 1.29 is 18.0 Å². The fourth-order valence-corrected chi connectivity index (χ4v) is 3.18. The molecule has 1 saturated heterocycles. The maximum atomic E-state index is 12.6. The molecule has 18 heavy (non-hydrogen) atoms. The van der Waals surface area contributed by atoms with Gasteiger partial charge in [-0.15, -0.1) is 0 Å². The lowest BCUT2D eigenvalue weighted by atomic mass is 9.78. The number of carbonyl (C=O) groups is 1. The maximum Gasteiger partial charge on any atom is 0.471 e. The highest BCUT2D eigenvalue weighted by Crippen LogP contribution is 2.42. The van der Waals surface area contributed by atoms with Gasteiger partial charge in [-0.1, -0.05) is 6.08 Å².